The zero-order valence-corrected chi connectivity index (χ0v) is 21.1. The van der Waals surface area contributed by atoms with Gasteiger partial charge in [0.05, 0.1) is 33.8 Å². The molecule has 4 atom stereocenters. The summed E-state index contributed by atoms with van der Waals surface area (Å²) in [5.74, 6) is -3.59. The Kier molecular flexibility index (Phi) is 6.99. The molecule has 3 amide bonds. The van der Waals surface area contributed by atoms with E-state index in [9.17, 15) is 34.6 Å². The first-order valence-corrected chi connectivity index (χ1v) is 12.4. The third-order valence-corrected chi connectivity index (χ3v) is 8.94. The molecule has 1 heterocycles. The van der Waals surface area contributed by atoms with E-state index in [0.29, 0.717) is 12.8 Å². The number of alkyl halides is 2. The molecular weight excluding hydrogens is 592 g/mol. The number of carbonyl (C=O) groups is 3. The van der Waals surface area contributed by atoms with Gasteiger partial charge < -0.3 is 0 Å². The molecule has 0 radical (unpaired) electrons. The van der Waals surface area contributed by atoms with Crippen molar-refractivity contribution in [3.05, 3.63) is 79.9 Å². The molecule has 1 aliphatic heterocycles. The maximum absolute atomic E-state index is 13.7. The van der Waals surface area contributed by atoms with Gasteiger partial charge in [-0.2, -0.15) is 5.01 Å². The van der Waals surface area contributed by atoms with E-state index in [-0.39, 0.29) is 26.5 Å². The summed E-state index contributed by atoms with van der Waals surface area (Å²) < 4.78 is 0. The SMILES string of the molecule is O=C(c1ccccc1[N+](=O)[O-])N(Cc1ccccc1[N+](=O)[O-])N1C(=O)[C@@H]2C[C@H](Br)[C@@H](Br)C[C@H]2C1=O. The van der Waals surface area contributed by atoms with Gasteiger partial charge in [0.15, 0.2) is 0 Å². The molecule has 0 bridgehead atoms. The third kappa shape index (κ3) is 4.57. The van der Waals surface area contributed by atoms with Crippen LogP contribution < -0.4 is 0 Å². The summed E-state index contributed by atoms with van der Waals surface area (Å²) in [6, 6.07) is 10.8. The fourth-order valence-corrected chi connectivity index (χ4v) is 5.72. The number of benzene rings is 2. The maximum atomic E-state index is 13.7. The van der Waals surface area contributed by atoms with Gasteiger partial charge in [0.1, 0.15) is 5.56 Å². The molecule has 2 aromatic rings. The lowest BCUT2D eigenvalue weighted by atomic mass is 9.81. The summed E-state index contributed by atoms with van der Waals surface area (Å²) in [6.45, 7) is -0.506. The van der Waals surface area contributed by atoms with Crippen LogP contribution in [0.3, 0.4) is 0 Å². The van der Waals surface area contributed by atoms with E-state index in [0.717, 1.165) is 16.1 Å². The Hall–Kier alpha value is -3.19. The number of nitro benzene ring substituents is 2. The molecule has 0 N–H and O–H groups in total. The van der Waals surface area contributed by atoms with E-state index >= 15 is 0 Å². The van der Waals surface area contributed by atoms with Gasteiger partial charge in [0, 0.05) is 21.8 Å². The fraction of sp³-hybridized carbons (Fsp3) is 0.318. The van der Waals surface area contributed by atoms with Crippen LogP contribution >= 0.6 is 31.9 Å². The van der Waals surface area contributed by atoms with Crippen LogP contribution in [0.1, 0.15) is 28.8 Å². The number of rotatable bonds is 6. The van der Waals surface area contributed by atoms with Crippen LogP contribution in [0.4, 0.5) is 11.4 Å². The summed E-state index contributed by atoms with van der Waals surface area (Å²) in [6.07, 6.45) is 0.696. The fourth-order valence-electron chi connectivity index (χ4n) is 4.49. The van der Waals surface area contributed by atoms with Crippen molar-refractivity contribution in [2.75, 3.05) is 0 Å². The monoisotopic (exact) mass is 608 g/mol. The summed E-state index contributed by atoms with van der Waals surface area (Å²) in [5, 5.41) is 24.6. The second-order valence-corrected chi connectivity index (χ2v) is 10.6. The van der Waals surface area contributed by atoms with E-state index in [1.54, 1.807) is 0 Å². The number of hydrogen-bond acceptors (Lipinski definition) is 7. The smallest absolute Gasteiger partial charge is 0.272 e. The zero-order chi connectivity index (χ0) is 25.4. The van der Waals surface area contributed by atoms with Crippen LogP contribution in [-0.2, 0) is 16.1 Å². The molecule has 11 nitrogen and oxygen atoms in total. The Bertz CT molecular complexity index is 1210. The van der Waals surface area contributed by atoms with Gasteiger partial charge in [0.2, 0.25) is 0 Å². The van der Waals surface area contributed by atoms with Crippen molar-refractivity contribution in [2.24, 2.45) is 11.8 Å². The third-order valence-electron chi connectivity index (χ3n) is 6.20. The molecule has 0 spiro atoms. The van der Waals surface area contributed by atoms with Crippen LogP contribution in [-0.4, -0.2) is 47.2 Å². The molecule has 35 heavy (non-hydrogen) atoms. The molecule has 2 aliphatic rings. The number of imide groups is 1. The Balaban J connectivity index is 1.81. The van der Waals surface area contributed by atoms with Crippen LogP contribution in [0.2, 0.25) is 0 Å². The van der Waals surface area contributed by atoms with Crippen molar-refractivity contribution in [1.82, 2.24) is 10.0 Å². The standard InChI is InChI=1S/C22H18Br2N4O7/c23-16-9-14-15(10-17(16)24)22(31)26(21(14)30)25(11-12-5-1-3-7-18(12)27(32)33)20(29)13-6-2-4-8-19(13)28(34)35/h1-8,14-17H,9-11H2/t14-,15-,16+,17+/m1/s1. The van der Waals surface area contributed by atoms with E-state index in [1.165, 1.54) is 42.5 Å². The molecule has 2 fully saturated rings. The quantitative estimate of drug-likeness (QED) is 0.208. The predicted molar refractivity (Wildman–Crippen MR) is 130 cm³/mol. The van der Waals surface area contributed by atoms with Gasteiger partial charge in [-0.25, -0.2) is 5.01 Å². The minimum atomic E-state index is -0.985. The van der Waals surface area contributed by atoms with E-state index in [1.807, 2.05) is 0 Å². The molecule has 13 heteroatoms. The van der Waals surface area contributed by atoms with Crippen molar-refractivity contribution < 1.29 is 24.2 Å². The van der Waals surface area contributed by atoms with Crippen molar-refractivity contribution >= 4 is 61.0 Å². The summed E-state index contributed by atoms with van der Waals surface area (Å²) >= 11 is 7.01. The Morgan fingerprint density at radius 2 is 1.37 bits per heavy atom. The van der Waals surface area contributed by atoms with Gasteiger partial charge >= 0.3 is 0 Å². The highest BCUT2D eigenvalue weighted by Gasteiger charge is 2.55. The highest BCUT2D eigenvalue weighted by molar-refractivity contribution is 9.12. The molecule has 2 aromatic carbocycles. The van der Waals surface area contributed by atoms with E-state index < -0.39 is 51.6 Å². The van der Waals surface area contributed by atoms with Crippen molar-refractivity contribution in [2.45, 2.75) is 29.0 Å². The normalized spacial score (nSPS) is 23.7. The minimum Gasteiger partial charge on any atom is -0.272 e. The van der Waals surface area contributed by atoms with Gasteiger partial charge in [-0.05, 0) is 18.9 Å². The van der Waals surface area contributed by atoms with Gasteiger partial charge in [0.25, 0.3) is 29.1 Å². The molecule has 1 aliphatic carbocycles. The van der Waals surface area contributed by atoms with E-state index in [4.69, 9.17) is 0 Å². The van der Waals surface area contributed by atoms with Gasteiger partial charge in [-0.1, -0.05) is 62.2 Å². The van der Waals surface area contributed by atoms with Crippen LogP contribution in [0.5, 0.6) is 0 Å². The van der Waals surface area contributed by atoms with Crippen LogP contribution in [0.15, 0.2) is 48.5 Å². The first-order chi connectivity index (χ1) is 16.6. The number of fused-ring (bicyclic) bond motifs is 1. The molecule has 1 saturated heterocycles. The number of hydrogen-bond donors (Lipinski definition) is 0. The highest BCUT2D eigenvalue weighted by atomic mass is 79.9. The Labute approximate surface area is 215 Å². The molecule has 0 unspecified atom stereocenters. The Morgan fingerprint density at radius 3 is 1.91 bits per heavy atom. The Morgan fingerprint density at radius 1 is 0.886 bits per heavy atom. The predicted octanol–water partition coefficient (Wildman–Crippen LogP) is 3.98. The number of nitro groups is 2. The molecular formula is C22H18Br2N4O7. The molecule has 4 rings (SSSR count). The number of halogens is 2. The average molecular weight is 610 g/mol. The second-order valence-electron chi connectivity index (χ2n) is 8.23. The lowest BCUT2D eigenvalue weighted by molar-refractivity contribution is -0.385. The molecule has 182 valence electrons. The lowest BCUT2D eigenvalue weighted by Gasteiger charge is -2.30. The minimum absolute atomic E-state index is 0.0663. The first-order valence-electron chi connectivity index (χ1n) is 10.5. The van der Waals surface area contributed by atoms with Crippen molar-refractivity contribution in [3.8, 4) is 0 Å². The maximum Gasteiger partial charge on any atom is 0.282 e. The largest absolute Gasteiger partial charge is 0.282 e. The lowest BCUT2D eigenvalue weighted by Crippen LogP contribution is -2.50. The molecule has 0 aromatic heterocycles. The van der Waals surface area contributed by atoms with Gasteiger partial charge in [-0.15, -0.1) is 0 Å². The summed E-state index contributed by atoms with van der Waals surface area (Å²) in [5.41, 5.74) is -1.10. The van der Waals surface area contributed by atoms with Crippen LogP contribution in [0, 0.1) is 32.1 Å². The topological polar surface area (TPSA) is 144 Å². The van der Waals surface area contributed by atoms with Crippen LogP contribution in [0.25, 0.3) is 0 Å². The van der Waals surface area contributed by atoms with Crippen molar-refractivity contribution in [1.29, 1.82) is 0 Å². The number of nitrogens with zero attached hydrogens (tertiary/aromatic N) is 4. The number of amides is 3. The second kappa shape index (κ2) is 9.82. The van der Waals surface area contributed by atoms with E-state index in [2.05, 4.69) is 31.9 Å². The summed E-state index contributed by atoms with van der Waals surface area (Å²) in [7, 11) is 0. The molecule has 1 saturated carbocycles. The number of para-hydroxylation sites is 2. The number of carbonyl (C=O) groups excluding carboxylic acids is 3. The highest BCUT2D eigenvalue weighted by Crippen LogP contribution is 2.44. The van der Waals surface area contributed by atoms with Crippen molar-refractivity contribution in [3.63, 3.8) is 0 Å². The summed E-state index contributed by atoms with van der Waals surface area (Å²) in [4.78, 5) is 62.1. The zero-order valence-electron chi connectivity index (χ0n) is 18.0. The van der Waals surface area contributed by atoms with Gasteiger partial charge in [-0.3, -0.25) is 34.6 Å². The average Bonchev–Trinajstić information content (AvgIpc) is 3.06. The number of hydrazine groups is 1. The first kappa shape index (κ1) is 24.9.